The van der Waals surface area contributed by atoms with Crippen LogP contribution in [-0.4, -0.2) is 22.6 Å². The number of aromatic amines is 1. The maximum absolute atomic E-state index is 12.9. The van der Waals surface area contributed by atoms with Gasteiger partial charge in [0.1, 0.15) is 0 Å². The maximum atomic E-state index is 12.9. The van der Waals surface area contributed by atoms with Gasteiger partial charge in [-0.25, -0.2) is 4.90 Å². The van der Waals surface area contributed by atoms with Crippen LogP contribution >= 0.6 is 0 Å². The number of para-hydroxylation sites is 1. The molecule has 1 aliphatic heterocycles. The van der Waals surface area contributed by atoms with Crippen LogP contribution in [0.1, 0.15) is 38.0 Å². The van der Waals surface area contributed by atoms with Crippen LogP contribution in [0.25, 0.3) is 10.9 Å². The molecule has 1 aliphatic rings. The fraction of sp³-hybridized carbons (Fsp3) is 0.0556. The van der Waals surface area contributed by atoms with Gasteiger partial charge in [0.25, 0.3) is 11.8 Å². The number of hydrogen-bond donors (Lipinski definition) is 1. The topological polar surface area (TPSA) is 70.2 Å². The molecule has 1 N–H and O–H groups in total. The quantitative estimate of drug-likeness (QED) is 0.584. The molecular formula is C18H12N2O3. The number of nitrogens with zero attached hydrogens (tertiary/aromatic N) is 1. The molecule has 2 heterocycles. The third-order valence-corrected chi connectivity index (χ3v) is 4.08. The lowest BCUT2D eigenvalue weighted by atomic mass is 9.97. The smallest absolute Gasteiger partial charge is 0.268 e. The summed E-state index contributed by atoms with van der Waals surface area (Å²) in [6, 6.07) is 12.2. The van der Waals surface area contributed by atoms with Crippen molar-refractivity contribution < 1.29 is 14.4 Å². The van der Waals surface area contributed by atoms with Gasteiger partial charge in [-0.3, -0.25) is 14.4 Å². The van der Waals surface area contributed by atoms with E-state index in [1.54, 1.807) is 42.6 Å². The first-order valence-electron chi connectivity index (χ1n) is 7.18. The Morgan fingerprint density at radius 1 is 1.00 bits per heavy atom. The number of carbonyl (C=O) groups excluding carboxylic acids is 3. The summed E-state index contributed by atoms with van der Waals surface area (Å²) in [5.74, 6) is -1.11. The molecule has 3 aromatic rings. The van der Waals surface area contributed by atoms with Crippen molar-refractivity contribution in [1.82, 2.24) is 4.98 Å². The summed E-state index contributed by atoms with van der Waals surface area (Å²) in [5.41, 5.74) is 1.81. The van der Waals surface area contributed by atoms with E-state index < -0.39 is 11.8 Å². The monoisotopic (exact) mass is 304 g/mol. The van der Waals surface area contributed by atoms with Crippen molar-refractivity contribution in [3.63, 3.8) is 0 Å². The van der Waals surface area contributed by atoms with Crippen molar-refractivity contribution in [3.05, 3.63) is 65.4 Å². The van der Waals surface area contributed by atoms with Crippen molar-refractivity contribution in [1.29, 1.82) is 0 Å². The minimum absolute atomic E-state index is 0.182. The van der Waals surface area contributed by atoms with Crippen LogP contribution in [0.3, 0.4) is 0 Å². The first-order valence-corrected chi connectivity index (χ1v) is 7.18. The van der Waals surface area contributed by atoms with Gasteiger partial charge in [-0.1, -0.05) is 18.2 Å². The Morgan fingerprint density at radius 2 is 1.70 bits per heavy atom. The third-order valence-electron chi connectivity index (χ3n) is 4.08. The molecule has 5 heteroatoms. The highest BCUT2D eigenvalue weighted by Gasteiger charge is 2.41. The van der Waals surface area contributed by atoms with E-state index in [4.69, 9.17) is 0 Å². The molecule has 2 amide bonds. The van der Waals surface area contributed by atoms with Crippen LogP contribution in [0.4, 0.5) is 5.69 Å². The first kappa shape index (κ1) is 13.5. The maximum Gasteiger partial charge on any atom is 0.268 e. The van der Waals surface area contributed by atoms with Crippen LogP contribution in [0.2, 0.25) is 0 Å². The number of ketones is 1. The van der Waals surface area contributed by atoms with Gasteiger partial charge in [-0.05, 0) is 31.2 Å². The summed E-state index contributed by atoms with van der Waals surface area (Å²) < 4.78 is 0. The molecule has 2 aromatic carbocycles. The Labute approximate surface area is 131 Å². The fourth-order valence-electron chi connectivity index (χ4n) is 3.05. The van der Waals surface area contributed by atoms with E-state index in [0.29, 0.717) is 11.2 Å². The molecular weight excluding hydrogens is 292 g/mol. The summed E-state index contributed by atoms with van der Waals surface area (Å²) in [6.07, 6.45) is 1.69. The van der Waals surface area contributed by atoms with Crippen molar-refractivity contribution in [3.8, 4) is 0 Å². The number of aromatic nitrogens is 1. The van der Waals surface area contributed by atoms with Gasteiger partial charge in [0.05, 0.1) is 22.3 Å². The Morgan fingerprint density at radius 3 is 2.39 bits per heavy atom. The lowest BCUT2D eigenvalue weighted by Crippen LogP contribution is -2.29. The number of fused-ring (bicyclic) bond motifs is 3. The van der Waals surface area contributed by atoms with Crippen LogP contribution < -0.4 is 4.90 Å². The molecule has 0 saturated heterocycles. The van der Waals surface area contributed by atoms with Crippen LogP contribution in [0.15, 0.2) is 48.7 Å². The molecule has 0 aliphatic carbocycles. The molecule has 4 rings (SSSR count). The van der Waals surface area contributed by atoms with E-state index in [1.165, 1.54) is 6.92 Å². The lowest BCUT2D eigenvalue weighted by Gasteiger charge is -2.13. The molecule has 0 fully saturated rings. The average Bonchev–Trinajstić information content (AvgIpc) is 3.10. The molecule has 0 saturated carbocycles. The summed E-state index contributed by atoms with van der Waals surface area (Å²) in [5, 5.41) is 0.741. The molecule has 0 bridgehead atoms. The Balaban J connectivity index is 2.04. The largest absolute Gasteiger partial charge is 0.361 e. The van der Waals surface area contributed by atoms with Crippen LogP contribution in [0, 0.1) is 0 Å². The number of nitrogens with one attached hydrogen (secondary N) is 1. The van der Waals surface area contributed by atoms with Gasteiger partial charge in [0, 0.05) is 17.1 Å². The predicted molar refractivity (Wildman–Crippen MR) is 85.9 cm³/mol. The van der Waals surface area contributed by atoms with Gasteiger partial charge >= 0.3 is 0 Å². The highest BCUT2D eigenvalue weighted by Crippen LogP contribution is 2.35. The Kier molecular flexibility index (Phi) is 2.72. The van der Waals surface area contributed by atoms with Crippen molar-refractivity contribution in [2.45, 2.75) is 6.92 Å². The van der Waals surface area contributed by atoms with E-state index in [9.17, 15) is 14.4 Å². The van der Waals surface area contributed by atoms with Gasteiger partial charge in [-0.15, -0.1) is 0 Å². The Bertz CT molecular complexity index is 986. The second-order valence-corrected chi connectivity index (χ2v) is 5.45. The number of amides is 2. The second-order valence-electron chi connectivity index (χ2n) is 5.45. The first-order chi connectivity index (χ1) is 11.1. The van der Waals surface area contributed by atoms with Crippen molar-refractivity contribution in [2.75, 3.05) is 4.90 Å². The number of carbonyl (C=O) groups is 3. The standard InChI is InChI=1S/C18H12N2O3/c1-10(21)13-9-11-7-8-19-16(11)15-14(13)17(22)20(18(15)23)12-5-3-2-4-6-12/h2-9,19H,1H3. The second kappa shape index (κ2) is 4.64. The van der Waals surface area contributed by atoms with Crippen molar-refractivity contribution >= 4 is 34.2 Å². The summed E-state index contributed by atoms with van der Waals surface area (Å²) in [7, 11) is 0. The van der Waals surface area contributed by atoms with E-state index >= 15 is 0 Å². The van der Waals surface area contributed by atoms with Gasteiger partial charge in [-0.2, -0.15) is 0 Å². The normalized spacial score (nSPS) is 13.7. The fourth-order valence-corrected chi connectivity index (χ4v) is 3.05. The van der Waals surface area contributed by atoms with Crippen molar-refractivity contribution in [2.24, 2.45) is 0 Å². The van der Waals surface area contributed by atoms with Gasteiger partial charge in [0.2, 0.25) is 0 Å². The molecule has 5 nitrogen and oxygen atoms in total. The van der Waals surface area contributed by atoms with E-state index in [0.717, 1.165) is 10.3 Å². The predicted octanol–water partition coefficient (Wildman–Crippen LogP) is 3.17. The summed E-state index contributed by atoms with van der Waals surface area (Å²) in [6.45, 7) is 1.40. The molecule has 0 atom stereocenters. The highest BCUT2D eigenvalue weighted by atomic mass is 16.2. The number of Topliss-reactive ketones (excluding diaryl/α,β-unsaturated/α-hetero) is 1. The number of hydrogen-bond acceptors (Lipinski definition) is 3. The zero-order chi connectivity index (χ0) is 16.1. The van der Waals surface area contributed by atoms with Gasteiger partial charge < -0.3 is 4.98 Å². The van der Waals surface area contributed by atoms with Crippen LogP contribution in [0.5, 0.6) is 0 Å². The van der Waals surface area contributed by atoms with E-state index in [-0.39, 0.29) is 22.5 Å². The molecule has 23 heavy (non-hydrogen) atoms. The number of anilines is 1. The van der Waals surface area contributed by atoms with Crippen LogP contribution in [-0.2, 0) is 0 Å². The molecule has 1 aromatic heterocycles. The number of imide groups is 1. The number of benzene rings is 2. The summed E-state index contributed by atoms with van der Waals surface area (Å²) >= 11 is 0. The Hall–Kier alpha value is -3.21. The average molecular weight is 304 g/mol. The lowest BCUT2D eigenvalue weighted by molar-refractivity contribution is 0.0920. The SMILES string of the molecule is CC(=O)c1cc2cc[nH]c2c2c1C(=O)N(c1ccccc1)C2=O. The number of rotatable bonds is 2. The summed E-state index contributed by atoms with van der Waals surface area (Å²) in [4.78, 5) is 41.8. The molecule has 112 valence electrons. The van der Waals surface area contributed by atoms with E-state index in [2.05, 4.69) is 4.98 Å². The number of H-pyrrole nitrogens is 1. The third kappa shape index (κ3) is 1.76. The van der Waals surface area contributed by atoms with Gasteiger partial charge in [0.15, 0.2) is 5.78 Å². The molecule has 0 unspecified atom stereocenters. The van der Waals surface area contributed by atoms with E-state index in [1.807, 2.05) is 6.07 Å². The molecule has 0 radical (unpaired) electrons. The highest BCUT2D eigenvalue weighted by molar-refractivity contribution is 6.39. The minimum atomic E-state index is -0.460. The minimum Gasteiger partial charge on any atom is -0.361 e. The molecule has 0 spiro atoms. The zero-order valence-corrected chi connectivity index (χ0v) is 12.3. The zero-order valence-electron chi connectivity index (χ0n) is 12.3.